The molecule has 0 spiro atoms. The summed E-state index contributed by atoms with van der Waals surface area (Å²) < 4.78 is 1.05. The number of hydrogen-bond acceptors (Lipinski definition) is 4. The lowest BCUT2D eigenvalue weighted by Gasteiger charge is -2.08. The molecular formula is C18H12BrN3S. The van der Waals surface area contributed by atoms with Crippen molar-refractivity contribution in [1.29, 1.82) is 0 Å². The molecule has 4 aromatic rings. The molecule has 0 amide bonds. The third kappa shape index (κ3) is 2.85. The average molecular weight is 382 g/mol. The van der Waals surface area contributed by atoms with Gasteiger partial charge in [0.2, 0.25) is 0 Å². The van der Waals surface area contributed by atoms with Gasteiger partial charge in [-0.1, -0.05) is 46.3 Å². The maximum atomic E-state index is 4.46. The quantitative estimate of drug-likeness (QED) is 0.482. The monoisotopic (exact) mass is 381 g/mol. The lowest BCUT2D eigenvalue weighted by molar-refractivity contribution is 1.23. The maximum absolute atomic E-state index is 4.46. The summed E-state index contributed by atoms with van der Waals surface area (Å²) in [5, 5.41) is 6.61. The number of thiophene rings is 1. The second kappa shape index (κ2) is 6.10. The van der Waals surface area contributed by atoms with Gasteiger partial charge in [0.05, 0.1) is 5.39 Å². The Bertz CT molecular complexity index is 949. The van der Waals surface area contributed by atoms with Crippen LogP contribution >= 0.6 is 27.3 Å². The highest BCUT2D eigenvalue weighted by Crippen LogP contribution is 2.37. The van der Waals surface area contributed by atoms with E-state index in [9.17, 15) is 0 Å². The van der Waals surface area contributed by atoms with Crippen LogP contribution in [0.5, 0.6) is 0 Å². The first kappa shape index (κ1) is 14.4. The Kier molecular flexibility index (Phi) is 3.81. The van der Waals surface area contributed by atoms with Gasteiger partial charge >= 0.3 is 0 Å². The molecule has 2 heterocycles. The first-order valence-electron chi connectivity index (χ1n) is 7.11. The van der Waals surface area contributed by atoms with E-state index >= 15 is 0 Å². The van der Waals surface area contributed by atoms with Crippen LogP contribution in [0.15, 0.2) is 70.8 Å². The zero-order valence-electron chi connectivity index (χ0n) is 12.0. The Morgan fingerprint density at radius 2 is 1.70 bits per heavy atom. The van der Waals surface area contributed by atoms with E-state index in [1.807, 2.05) is 42.5 Å². The Morgan fingerprint density at radius 3 is 2.48 bits per heavy atom. The van der Waals surface area contributed by atoms with Crippen molar-refractivity contribution in [1.82, 2.24) is 9.97 Å². The molecule has 0 fully saturated rings. The fourth-order valence-electron chi connectivity index (χ4n) is 2.47. The van der Waals surface area contributed by atoms with E-state index in [4.69, 9.17) is 0 Å². The van der Waals surface area contributed by atoms with Crippen LogP contribution < -0.4 is 5.32 Å². The van der Waals surface area contributed by atoms with Crippen LogP contribution in [-0.2, 0) is 0 Å². The third-order valence-electron chi connectivity index (χ3n) is 3.56. The molecule has 0 radical (unpaired) electrons. The number of benzene rings is 2. The van der Waals surface area contributed by atoms with Gasteiger partial charge in [0.25, 0.3) is 0 Å². The van der Waals surface area contributed by atoms with Crippen molar-refractivity contribution in [3.63, 3.8) is 0 Å². The minimum absolute atomic E-state index is 0.831. The summed E-state index contributed by atoms with van der Waals surface area (Å²) in [6, 6.07) is 18.4. The van der Waals surface area contributed by atoms with Gasteiger partial charge in [-0.2, -0.15) is 0 Å². The van der Waals surface area contributed by atoms with Crippen molar-refractivity contribution in [3.05, 3.63) is 70.8 Å². The molecule has 5 heteroatoms. The Balaban J connectivity index is 1.83. The SMILES string of the molecule is Brc1ccc(Nc2ncnc3scc(-c4ccccc4)c23)cc1. The molecular weight excluding hydrogens is 370 g/mol. The summed E-state index contributed by atoms with van der Waals surface area (Å²) in [6.45, 7) is 0. The van der Waals surface area contributed by atoms with E-state index in [0.717, 1.165) is 31.8 Å². The first-order chi connectivity index (χ1) is 11.3. The second-order valence-corrected chi connectivity index (χ2v) is 6.82. The van der Waals surface area contributed by atoms with E-state index in [-0.39, 0.29) is 0 Å². The van der Waals surface area contributed by atoms with Gasteiger partial charge in [0, 0.05) is 21.1 Å². The minimum Gasteiger partial charge on any atom is -0.340 e. The third-order valence-corrected chi connectivity index (χ3v) is 4.98. The normalized spacial score (nSPS) is 10.8. The number of hydrogen-bond donors (Lipinski definition) is 1. The largest absolute Gasteiger partial charge is 0.340 e. The number of nitrogens with one attached hydrogen (secondary N) is 1. The van der Waals surface area contributed by atoms with Crippen LogP contribution in [0.25, 0.3) is 21.3 Å². The molecule has 3 nitrogen and oxygen atoms in total. The van der Waals surface area contributed by atoms with Crippen LogP contribution in [0.2, 0.25) is 0 Å². The van der Waals surface area contributed by atoms with Crippen molar-refractivity contribution in [3.8, 4) is 11.1 Å². The minimum atomic E-state index is 0.831. The summed E-state index contributed by atoms with van der Waals surface area (Å²) in [7, 11) is 0. The Morgan fingerprint density at radius 1 is 0.913 bits per heavy atom. The van der Waals surface area contributed by atoms with Crippen molar-refractivity contribution < 1.29 is 0 Å². The van der Waals surface area contributed by atoms with Crippen LogP contribution in [0.3, 0.4) is 0 Å². The van der Waals surface area contributed by atoms with E-state index < -0.39 is 0 Å². The molecule has 0 bridgehead atoms. The summed E-state index contributed by atoms with van der Waals surface area (Å²) in [5.41, 5.74) is 3.33. The predicted molar refractivity (Wildman–Crippen MR) is 100 cm³/mol. The summed E-state index contributed by atoms with van der Waals surface area (Å²) in [5.74, 6) is 0.831. The number of rotatable bonds is 3. The molecule has 112 valence electrons. The standard InChI is InChI=1S/C18H12BrN3S/c19-13-6-8-14(9-7-13)22-17-16-15(12-4-2-1-3-5-12)10-23-18(16)21-11-20-17/h1-11H,(H,20,21,22). The second-order valence-electron chi connectivity index (χ2n) is 5.05. The van der Waals surface area contributed by atoms with Crippen molar-refractivity contribution in [2.24, 2.45) is 0 Å². The highest BCUT2D eigenvalue weighted by molar-refractivity contribution is 9.10. The van der Waals surface area contributed by atoms with E-state index in [1.54, 1.807) is 17.7 Å². The lowest BCUT2D eigenvalue weighted by Crippen LogP contribution is -1.95. The number of fused-ring (bicyclic) bond motifs is 1. The Hall–Kier alpha value is -2.24. The molecule has 0 aliphatic rings. The predicted octanol–water partition coefficient (Wildman–Crippen LogP) is 5.86. The highest BCUT2D eigenvalue weighted by Gasteiger charge is 2.13. The number of nitrogens with zero attached hydrogens (tertiary/aromatic N) is 2. The molecule has 2 aromatic heterocycles. The smallest absolute Gasteiger partial charge is 0.143 e. The molecule has 2 aromatic carbocycles. The summed E-state index contributed by atoms with van der Waals surface area (Å²) in [4.78, 5) is 9.84. The van der Waals surface area contributed by atoms with Crippen molar-refractivity contribution in [2.75, 3.05) is 5.32 Å². The average Bonchev–Trinajstić information content (AvgIpc) is 3.03. The van der Waals surface area contributed by atoms with Gasteiger partial charge in [-0.15, -0.1) is 11.3 Å². The zero-order chi connectivity index (χ0) is 15.6. The first-order valence-corrected chi connectivity index (χ1v) is 8.79. The van der Waals surface area contributed by atoms with Crippen molar-refractivity contribution in [2.45, 2.75) is 0 Å². The topological polar surface area (TPSA) is 37.8 Å². The summed E-state index contributed by atoms with van der Waals surface area (Å²) >= 11 is 5.09. The fourth-order valence-corrected chi connectivity index (χ4v) is 3.65. The van der Waals surface area contributed by atoms with Gasteiger partial charge in [0.1, 0.15) is 17.0 Å². The van der Waals surface area contributed by atoms with E-state index in [2.05, 4.69) is 48.7 Å². The summed E-state index contributed by atoms with van der Waals surface area (Å²) in [6.07, 6.45) is 1.61. The molecule has 23 heavy (non-hydrogen) atoms. The van der Waals surface area contributed by atoms with Gasteiger partial charge in [-0.05, 0) is 29.8 Å². The molecule has 0 saturated carbocycles. The lowest BCUT2D eigenvalue weighted by atomic mass is 10.1. The van der Waals surface area contributed by atoms with E-state index in [1.165, 1.54) is 5.56 Å². The van der Waals surface area contributed by atoms with Gasteiger partial charge in [-0.3, -0.25) is 0 Å². The van der Waals surface area contributed by atoms with Crippen LogP contribution in [0.4, 0.5) is 11.5 Å². The van der Waals surface area contributed by atoms with E-state index in [0.29, 0.717) is 0 Å². The van der Waals surface area contributed by atoms with Crippen LogP contribution in [0, 0.1) is 0 Å². The van der Waals surface area contributed by atoms with Gasteiger partial charge < -0.3 is 5.32 Å². The zero-order valence-corrected chi connectivity index (χ0v) is 14.4. The molecule has 1 N–H and O–H groups in total. The van der Waals surface area contributed by atoms with Crippen LogP contribution in [0.1, 0.15) is 0 Å². The number of aromatic nitrogens is 2. The van der Waals surface area contributed by atoms with Crippen LogP contribution in [-0.4, -0.2) is 9.97 Å². The molecule has 0 aliphatic heterocycles. The fraction of sp³-hybridized carbons (Fsp3) is 0. The maximum Gasteiger partial charge on any atom is 0.143 e. The molecule has 0 saturated heterocycles. The molecule has 0 aliphatic carbocycles. The number of anilines is 2. The van der Waals surface area contributed by atoms with Gasteiger partial charge in [-0.25, -0.2) is 9.97 Å². The Labute approximate surface area is 146 Å². The van der Waals surface area contributed by atoms with Gasteiger partial charge in [0.15, 0.2) is 0 Å². The highest BCUT2D eigenvalue weighted by atomic mass is 79.9. The number of halogens is 1. The molecule has 0 atom stereocenters. The van der Waals surface area contributed by atoms with Crippen molar-refractivity contribution >= 4 is 49.0 Å². The molecule has 4 rings (SSSR count). The molecule has 0 unspecified atom stereocenters.